The normalized spacial score (nSPS) is 10.2. The number of nitrogens with two attached hydrogens (primary N) is 1. The van der Waals surface area contributed by atoms with Crippen LogP contribution in [0.2, 0.25) is 0 Å². The Morgan fingerprint density at radius 3 is 2.76 bits per heavy atom. The number of nitrogens with one attached hydrogen (secondary N) is 1. The van der Waals surface area contributed by atoms with Crippen molar-refractivity contribution in [1.29, 1.82) is 0 Å². The van der Waals surface area contributed by atoms with Gasteiger partial charge in [0.05, 0.1) is 17.5 Å². The van der Waals surface area contributed by atoms with E-state index in [-0.39, 0.29) is 11.6 Å². The molecule has 17 heavy (non-hydrogen) atoms. The van der Waals surface area contributed by atoms with Crippen LogP contribution in [0, 0.1) is 12.7 Å². The van der Waals surface area contributed by atoms with Gasteiger partial charge in [-0.2, -0.15) is 0 Å². The first-order valence-corrected chi connectivity index (χ1v) is 4.98. The lowest BCUT2D eigenvalue weighted by Gasteiger charge is -2.05. The van der Waals surface area contributed by atoms with Crippen LogP contribution in [0.15, 0.2) is 34.9 Å². The van der Waals surface area contributed by atoms with Crippen LogP contribution < -0.4 is 11.1 Å². The molecule has 0 aliphatic heterocycles. The fraction of sp³-hybridized carbons (Fsp3) is 0.0833. The Hall–Kier alpha value is -2.30. The number of nitrogen functional groups attached to an aromatic ring is 1. The van der Waals surface area contributed by atoms with Gasteiger partial charge in [-0.1, -0.05) is 0 Å². The van der Waals surface area contributed by atoms with E-state index in [1.807, 2.05) is 0 Å². The molecule has 1 aromatic heterocycles. The Morgan fingerprint density at radius 1 is 1.41 bits per heavy atom. The summed E-state index contributed by atoms with van der Waals surface area (Å²) in [5.41, 5.74) is 6.15. The van der Waals surface area contributed by atoms with Crippen LogP contribution >= 0.6 is 0 Å². The van der Waals surface area contributed by atoms with E-state index in [1.54, 1.807) is 13.0 Å². The molecule has 1 heterocycles. The summed E-state index contributed by atoms with van der Waals surface area (Å²) in [6, 6.07) is 5.65. The topological polar surface area (TPSA) is 68.3 Å². The van der Waals surface area contributed by atoms with E-state index in [4.69, 9.17) is 10.2 Å². The molecule has 0 aliphatic rings. The molecule has 0 bridgehead atoms. The van der Waals surface area contributed by atoms with Gasteiger partial charge in [-0.15, -0.1) is 0 Å². The largest absolute Gasteiger partial charge is 0.469 e. The van der Waals surface area contributed by atoms with Crippen LogP contribution in [-0.4, -0.2) is 5.91 Å². The van der Waals surface area contributed by atoms with E-state index < -0.39 is 5.82 Å². The monoisotopic (exact) mass is 234 g/mol. The fourth-order valence-electron chi connectivity index (χ4n) is 1.42. The molecule has 5 heteroatoms. The molecule has 2 aromatic rings. The maximum absolute atomic E-state index is 13.2. The summed E-state index contributed by atoms with van der Waals surface area (Å²) >= 11 is 0. The zero-order chi connectivity index (χ0) is 12.4. The molecule has 4 nitrogen and oxygen atoms in total. The first-order chi connectivity index (χ1) is 8.08. The molecule has 2 rings (SSSR count). The molecule has 0 radical (unpaired) electrons. The minimum atomic E-state index is -0.563. The highest BCUT2D eigenvalue weighted by Gasteiger charge is 2.12. The van der Waals surface area contributed by atoms with Gasteiger partial charge in [-0.25, -0.2) is 4.39 Å². The van der Waals surface area contributed by atoms with Crippen molar-refractivity contribution in [2.75, 3.05) is 11.1 Å². The van der Waals surface area contributed by atoms with Crippen molar-refractivity contribution in [3.63, 3.8) is 0 Å². The minimum absolute atomic E-state index is 0.0440. The highest BCUT2D eigenvalue weighted by Crippen LogP contribution is 2.17. The number of rotatable bonds is 2. The van der Waals surface area contributed by atoms with Gasteiger partial charge in [0.15, 0.2) is 0 Å². The van der Waals surface area contributed by atoms with Gasteiger partial charge in [0.1, 0.15) is 11.6 Å². The van der Waals surface area contributed by atoms with E-state index in [1.165, 1.54) is 24.5 Å². The van der Waals surface area contributed by atoms with Crippen LogP contribution in [-0.2, 0) is 0 Å². The summed E-state index contributed by atoms with van der Waals surface area (Å²) < 4.78 is 18.2. The molecule has 0 saturated heterocycles. The number of amides is 1. The van der Waals surface area contributed by atoms with E-state index in [9.17, 15) is 9.18 Å². The number of aryl methyl sites for hydroxylation is 1. The Bertz CT molecular complexity index is 563. The summed E-state index contributed by atoms with van der Waals surface area (Å²) in [7, 11) is 0. The molecule has 0 unspecified atom stereocenters. The summed E-state index contributed by atoms with van der Waals surface area (Å²) in [5.74, 6) is -0.398. The van der Waals surface area contributed by atoms with Crippen molar-refractivity contribution in [2.45, 2.75) is 6.92 Å². The van der Waals surface area contributed by atoms with Crippen molar-refractivity contribution < 1.29 is 13.6 Å². The SMILES string of the molecule is Cc1occc1C(=O)Nc1ccc(N)c(F)c1. The molecule has 3 N–H and O–H groups in total. The van der Waals surface area contributed by atoms with E-state index in [0.29, 0.717) is 17.0 Å². The Kier molecular flexibility index (Phi) is 2.82. The van der Waals surface area contributed by atoms with Gasteiger partial charge in [-0.3, -0.25) is 4.79 Å². The van der Waals surface area contributed by atoms with Crippen molar-refractivity contribution in [2.24, 2.45) is 0 Å². The third-order valence-electron chi connectivity index (χ3n) is 2.36. The predicted molar refractivity (Wildman–Crippen MR) is 62.2 cm³/mol. The van der Waals surface area contributed by atoms with Crippen LogP contribution in [0.4, 0.5) is 15.8 Å². The first kappa shape index (κ1) is 11.2. The third-order valence-corrected chi connectivity index (χ3v) is 2.36. The Labute approximate surface area is 97.2 Å². The standard InChI is InChI=1S/C12H11FN2O2/c1-7-9(4-5-17-7)12(16)15-8-2-3-11(14)10(13)6-8/h2-6H,14H2,1H3,(H,15,16). The lowest BCUT2D eigenvalue weighted by atomic mass is 10.2. The Balaban J connectivity index is 2.19. The molecule has 1 aromatic carbocycles. The van der Waals surface area contributed by atoms with Gasteiger partial charge in [0.25, 0.3) is 5.91 Å². The molecular weight excluding hydrogens is 223 g/mol. The second kappa shape index (κ2) is 4.29. The number of carbonyl (C=O) groups excluding carboxylic acids is 1. The van der Waals surface area contributed by atoms with Crippen molar-refractivity contribution in [3.8, 4) is 0 Å². The average molecular weight is 234 g/mol. The summed E-state index contributed by atoms with van der Waals surface area (Å²) in [5, 5.41) is 2.56. The fourth-order valence-corrected chi connectivity index (χ4v) is 1.42. The van der Waals surface area contributed by atoms with E-state index in [0.717, 1.165) is 0 Å². The highest BCUT2D eigenvalue weighted by atomic mass is 19.1. The van der Waals surface area contributed by atoms with Crippen LogP contribution in [0.25, 0.3) is 0 Å². The number of carbonyl (C=O) groups is 1. The number of anilines is 2. The number of furan rings is 1. The van der Waals surface area contributed by atoms with Crippen molar-refractivity contribution in [1.82, 2.24) is 0 Å². The number of halogens is 1. The van der Waals surface area contributed by atoms with Gasteiger partial charge < -0.3 is 15.5 Å². The maximum atomic E-state index is 13.2. The van der Waals surface area contributed by atoms with Gasteiger partial charge in [-0.05, 0) is 31.2 Å². The number of hydrogen-bond acceptors (Lipinski definition) is 3. The van der Waals surface area contributed by atoms with Crippen LogP contribution in [0.1, 0.15) is 16.1 Å². The van der Waals surface area contributed by atoms with Crippen LogP contribution in [0.3, 0.4) is 0 Å². The zero-order valence-electron chi connectivity index (χ0n) is 9.16. The summed E-state index contributed by atoms with van der Waals surface area (Å²) in [6.45, 7) is 1.68. The van der Waals surface area contributed by atoms with E-state index in [2.05, 4.69) is 5.32 Å². The van der Waals surface area contributed by atoms with Crippen LogP contribution in [0.5, 0.6) is 0 Å². The lowest BCUT2D eigenvalue weighted by Crippen LogP contribution is -2.12. The maximum Gasteiger partial charge on any atom is 0.259 e. The third kappa shape index (κ3) is 2.28. The molecular formula is C12H11FN2O2. The van der Waals surface area contributed by atoms with Crippen molar-refractivity contribution >= 4 is 17.3 Å². The second-order valence-electron chi connectivity index (χ2n) is 3.58. The van der Waals surface area contributed by atoms with Gasteiger partial charge in [0.2, 0.25) is 0 Å². The zero-order valence-corrected chi connectivity index (χ0v) is 9.16. The van der Waals surface area contributed by atoms with Gasteiger partial charge in [0, 0.05) is 5.69 Å². The minimum Gasteiger partial charge on any atom is -0.469 e. The average Bonchev–Trinajstić information content (AvgIpc) is 2.70. The molecule has 0 spiro atoms. The number of hydrogen-bond donors (Lipinski definition) is 2. The molecule has 0 saturated carbocycles. The second-order valence-corrected chi connectivity index (χ2v) is 3.58. The van der Waals surface area contributed by atoms with Gasteiger partial charge >= 0.3 is 0 Å². The quantitative estimate of drug-likeness (QED) is 0.784. The van der Waals surface area contributed by atoms with E-state index >= 15 is 0 Å². The predicted octanol–water partition coefficient (Wildman–Crippen LogP) is 2.56. The molecule has 88 valence electrons. The van der Waals surface area contributed by atoms with Crippen molar-refractivity contribution in [3.05, 3.63) is 47.7 Å². The molecule has 0 atom stereocenters. The summed E-state index contributed by atoms with van der Waals surface area (Å²) in [4.78, 5) is 11.8. The first-order valence-electron chi connectivity index (χ1n) is 4.98. The smallest absolute Gasteiger partial charge is 0.259 e. The molecule has 0 fully saturated rings. The highest BCUT2D eigenvalue weighted by molar-refractivity contribution is 6.04. The molecule has 1 amide bonds. The lowest BCUT2D eigenvalue weighted by molar-refractivity contribution is 0.102. The Morgan fingerprint density at radius 2 is 2.18 bits per heavy atom. The number of benzene rings is 1. The summed E-state index contributed by atoms with van der Waals surface area (Å²) in [6.07, 6.45) is 1.42. The molecule has 0 aliphatic carbocycles.